The van der Waals surface area contributed by atoms with Gasteiger partial charge in [0.25, 0.3) is 0 Å². The number of aliphatic carboxylic acids is 1. The number of hydrogen-bond acceptors (Lipinski definition) is 3. The molecule has 0 unspecified atom stereocenters. The van der Waals surface area contributed by atoms with E-state index in [1.165, 1.54) is 0 Å². The first-order valence-corrected chi connectivity index (χ1v) is 7.34. The van der Waals surface area contributed by atoms with Gasteiger partial charge >= 0.3 is 12.0 Å². The largest absolute Gasteiger partial charge is 0.481 e. The lowest BCUT2D eigenvalue weighted by Crippen LogP contribution is -2.52. The maximum Gasteiger partial charge on any atom is 0.319 e. The molecule has 0 aromatic rings. The van der Waals surface area contributed by atoms with Gasteiger partial charge in [0.15, 0.2) is 0 Å². The third-order valence-corrected chi connectivity index (χ3v) is 3.48. The van der Waals surface area contributed by atoms with Crippen LogP contribution >= 0.6 is 0 Å². The average molecular weight is 285 g/mol. The summed E-state index contributed by atoms with van der Waals surface area (Å²) in [6, 6.07) is 0.0135. The number of hydrogen-bond donors (Lipinski definition) is 1. The van der Waals surface area contributed by atoms with Crippen LogP contribution in [0.4, 0.5) is 4.79 Å². The van der Waals surface area contributed by atoms with Crippen LogP contribution < -0.4 is 0 Å². The number of amides is 2. The Balaban J connectivity index is 2.29. The van der Waals surface area contributed by atoms with Crippen molar-refractivity contribution < 1.29 is 14.7 Å². The summed E-state index contributed by atoms with van der Waals surface area (Å²) in [5.41, 5.74) is 0. The van der Waals surface area contributed by atoms with Crippen LogP contribution in [0.3, 0.4) is 0 Å². The lowest BCUT2D eigenvalue weighted by atomic mass is 10.2. The Morgan fingerprint density at radius 1 is 1.20 bits per heavy atom. The second-order valence-corrected chi connectivity index (χ2v) is 5.88. The fraction of sp³-hybridized carbons (Fsp3) is 0.857. The number of carboxylic acid groups (broad SMARTS) is 1. The highest BCUT2D eigenvalue weighted by molar-refractivity contribution is 5.74. The van der Waals surface area contributed by atoms with Crippen molar-refractivity contribution >= 4 is 12.0 Å². The van der Waals surface area contributed by atoms with Crippen molar-refractivity contribution in [2.75, 3.05) is 46.3 Å². The molecule has 116 valence electrons. The Bertz CT molecular complexity index is 326. The molecule has 1 N–H and O–H groups in total. The molecule has 0 spiro atoms. The number of urea groups is 1. The molecule has 0 aliphatic carbocycles. The van der Waals surface area contributed by atoms with Crippen LogP contribution in [-0.2, 0) is 4.79 Å². The number of piperazine rings is 1. The lowest BCUT2D eigenvalue weighted by Gasteiger charge is -2.37. The minimum Gasteiger partial charge on any atom is -0.481 e. The fourth-order valence-electron chi connectivity index (χ4n) is 2.44. The van der Waals surface area contributed by atoms with E-state index in [2.05, 4.69) is 18.7 Å². The molecule has 0 aromatic carbocycles. The number of carbonyl (C=O) groups excluding carboxylic acids is 1. The number of nitrogens with zero attached hydrogens (tertiary/aromatic N) is 3. The molecule has 0 bridgehead atoms. The number of rotatable bonds is 6. The molecule has 0 radical (unpaired) electrons. The summed E-state index contributed by atoms with van der Waals surface area (Å²) in [5, 5.41) is 8.60. The zero-order valence-corrected chi connectivity index (χ0v) is 12.8. The van der Waals surface area contributed by atoms with Gasteiger partial charge in [-0.05, 0) is 12.3 Å². The van der Waals surface area contributed by atoms with E-state index in [1.807, 2.05) is 4.90 Å². The van der Waals surface area contributed by atoms with Crippen molar-refractivity contribution in [2.45, 2.75) is 26.7 Å². The topological polar surface area (TPSA) is 64.1 Å². The van der Waals surface area contributed by atoms with Gasteiger partial charge in [-0.15, -0.1) is 0 Å². The van der Waals surface area contributed by atoms with Crippen LogP contribution in [0.15, 0.2) is 0 Å². The minimum absolute atomic E-state index is 0.0135. The third-order valence-electron chi connectivity index (χ3n) is 3.48. The number of carbonyl (C=O) groups is 2. The van der Waals surface area contributed by atoms with Gasteiger partial charge in [0.1, 0.15) is 0 Å². The Kier molecular flexibility index (Phi) is 6.78. The zero-order valence-electron chi connectivity index (χ0n) is 12.8. The predicted octanol–water partition coefficient (Wildman–Crippen LogP) is 1.18. The van der Waals surface area contributed by atoms with E-state index < -0.39 is 5.97 Å². The summed E-state index contributed by atoms with van der Waals surface area (Å²) in [6.45, 7) is 9.35. The normalized spacial score (nSPS) is 16.5. The molecule has 1 rings (SSSR count). The van der Waals surface area contributed by atoms with Gasteiger partial charge < -0.3 is 14.9 Å². The molecular formula is C14H27N3O3. The summed E-state index contributed by atoms with van der Waals surface area (Å²) in [7, 11) is 1.74. The van der Waals surface area contributed by atoms with Crippen molar-refractivity contribution in [3.8, 4) is 0 Å². The molecule has 2 amide bonds. The van der Waals surface area contributed by atoms with Crippen LogP contribution in [0.5, 0.6) is 0 Å². The molecule has 1 fully saturated rings. The minimum atomic E-state index is -0.812. The Morgan fingerprint density at radius 3 is 2.30 bits per heavy atom. The molecule has 20 heavy (non-hydrogen) atoms. The van der Waals surface area contributed by atoms with Gasteiger partial charge in [-0.2, -0.15) is 0 Å². The summed E-state index contributed by atoms with van der Waals surface area (Å²) < 4.78 is 0. The summed E-state index contributed by atoms with van der Waals surface area (Å²) in [5.74, 6) is -0.163. The van der Waals surface area contributed by atoms with E-state index in [9.17, 15) is 9.59 Å². The van der Waals surface area contributed by atoms with Gasteiger partial charge in [0.05, 0.1) is 0 Å². The SMILES string of the molecule is CC(C)CN1CCN(C(=O)N(C)CCCC(=O)O)CC1. The smallest absolute Gasteiger partial charge is 0.319 e. The first kappa shape index (κ1) is 16.8. The van der Waals surface area contributed by atoms with Gasteiger partial charge in [-0.25, -0.2) is 4.79 Å². The Labute approximate surface area is 121 Å². The van der Waals surface area contributed by atoms with Crippen LogP contribution in [0.25, 0.3) is 0 Å². The highest BCUT2D eigenvalue weighted by Gasteiger charge is 2.23. The van der Waals surface area contributed by atoms with E-state index in [0.717, 1.165) is 32.7 Å². The Morgan fingerprint density at radius 2 is 1.80 bits per heavy atom. The van der Waals surface area contributed by atoms with Crippen LogP contribution in [0.1, 0.15) is 26.7 Å². The van der Waals surface area contributed by atoms with Crippen LogP contribution in [0.2, 0.25) is 0 Å². The van der Waals surface area contributed by atoms with Crippen LogP contribution in [-0.4, -0.2) is 78.1 Å². The predicted molar refractivity (Wildman–Crippen MR) is 77.7 cm³/mol. The highest BCUT2D eigenvalue weighted by atomic mass is 16.4. The standard InChI is InChI=1S/C14H27N3O3/c1-12(2)11-16-7-9-17(10-8-16)14(20)15(3)6-4-5-13(18)19/h12H,4-11H2,1-3H3,(H,18,19). The molecule has 1 heterocycles. The molecule has 0 saturated carbocycles. The van der Waals surface area contributed by atoms with Crippen molar-refractivity contribution in [3.05, 3.63) is 0 Å². The Hall–Kier alpha value is -1.30. The van der Waals surface area contributed by atoms with E-state index >= 15 is 0 Å². The molecule has 1 saturated heterocycles. The van der Waals surface area contributed by atoms with Gasteiger partial charge in [0, 0.05) is 52.7 Å². The maximum atomic E-state index is 12.2. The third kappa shape index (κ3) is 5.77. The first-order valence-electron chi connectivity index (χ1n) is 7.34. The van der Waals surface area contributed by atoms with Crippen molar-refractivity contribution in [1.29, 1.82) is 0 Å². The van der Waals surface area contributed by atoms with E-state index in [-0.39, 0.29) is 12.5 Å². The lowest BCUT2D eigenvalue weighted by molar-refractivity contribution is -0.137. The molecule has 1 aliphatic rings. The van der Waals surface area contributed by atoms with Gasteiger partial charge in [-0.3, -0.25) is 9.69 Å². The van der Waals surface area contributed by atoms with Crippen molar-refractivity contribution in [1.82, 2.24) is 14.7 Å². The van der Waals surface area contributed by atoms with E-state index in [4.69, 9.17) is 5.11 Å². The zero-order chi connectivity index (χ0) is 15.1. The van der Waals surface area contributed by atoms with E-state index in [0.29, 0.717) is 18.9 Å². The second kappa shape index (κ2) is 8.09. The first-order chi connectivity index (χ1) is 9.40. The maximum absolute atomic E-state index is 12.2. The fourth-order valence-corrected chi connectivity index (χ4v) is 2.44. The average Bonchev–Trinajstić information content (AvgIpc) is 2.37. The highest BCUT2D eigenvalue weighted by Crippen LogP contribution is 2.08. The number of carboxylic acids is 1. The monoisotopic (exact) mass is 285 g/mol. The molecule has 1 aliphatic heterocycles. The summed E-state index contributed by atoms with van der Waals surface area (Å²) >= 11 is 0. The molecule has 6 heteroatoms. The van der Waals surface area contributed by atoms with E-state index in [1.54, 1.807) is 11.9 Å². The molecule has 0 aromatic heterocycles. The molecule has 0 atom stereocenters. The summed E-state index contributed by atoms with van der Waals surface area (Å²) in [6.07, 6.45) is 0.616. The van der Waals surface area contributed by atoms with Gasteiger partial charge in [0.2, 0.25) is 0 Å². The van der Waals surface area contributed by atoms with Crippen molar-refractivity contribution in [3.63, 3.8) is 0 Å². The summed E-state index contributed by atoms with van der Waals surface area (Å²) in [4.78, 5) is 28.5. The second-order valence-electron chi connectivity index (χ2n) is 5.88. The van der Waals surface area contributed by atoms with Crippen LogP contribution in [0, 0.1) is 5.92 Å². The molecular weight excluding hydrogens is 258 g/mol. The quantitative estimate of drug-likeness (QED) is 0.796. The molecule has 6 nitrogen and oxygen atoms in total. The van der Waals surface area contributed by atoms with Crippen molar-refractivity contribution in [2.24, 2.45) is 5.92 Å². The van der Waals surface area contributed by atoms with Gasteiger partial charge in [-0.1, -0.05) is 13.8 Å².